The Bertz CT molecular complexity index is 1280. The number of carbonyl (C=O) groups excluding carboxylic acids is 1. The summed E-state index contributed by atoms with van der Waals surface area (Å²) in [5.74, 6) is -0.396. The molecule has 0 bridgehead atoms. The molecule has 1 aliphatic heterocycles. The fourth-order valence-electron chi connectivity index (χ4n) is 4.28. The summed E-state index contributed by atoms with van der Waals surface area (Å²) >= 11 is 0. The zero-order valence-electron chi connectivity index (χ0n) is 21.7. The van der Waals surface area contributed by atoms with E-state index < -0.39 is 18.1 Å². The van der Waals surface area contributed by atoms with E-state index in [0.717, 1.165) is 34.1 Å². The Morgan fingerprint density at radius 2 is 2.14 bits per heavy atom. The molecule has 0 aliphatic carbocycles. The molecule has 3 rings (SSSR count). The number of alkyl halides is 1. The Hall–Kier alpha value is -3.80. The van der Waals surface area contributed by atoms with E-state index in [-0.39, 0.29) is 5.71 Å². The molecule has 37 heavy (non-hydrogen) atoms. The maximum Gasteiger partial charge on any atom is 0.265 e. The molecule has 2 aromatic rings. The van der Waals surface area contributed by atoms with Gasteiger partial charge >= 0.3 is 0 Å². The van der Waals surface area contributed by atoms with E-state index in [0.29, 0.717) is 37.4 Å². The molecule has 0 radical (unpaired) electrons. The Kier molecular flexibility index (Phi) is 9.72. The molecule has 1 heterocycles. The molecule has 1 amide bonds. The lowest BCUT2D eigenvalue weighted by molar-refractivity contribution is -0.116. The van der Waals surface area contributed by atoms with Gasteiger partial charge in [-0.2, -0.15) is 5.26 Å². The molecule has 2 atom stereocenters. The number of benzene rings is 2. The lowest BCUT2D eigenvalue weighted by Gasteiger charge is -2.32. The molecule has 0 saturated carbocycles. The first kappa shape index (κ1) is 27.8. The Balaban J connectivity index is 1.94. The third-order valence-corrected chi connectivity index (χ3v) is 6.29. The van der Waals surface area contributed by atoms with Gasteiger partial charge in [-0.25, -0.2) is 9.38 Å². The SMILES string of the molecule is C=C/C=C(\N=C(/C)C(=O)N[C@@H]1CCN(C)C[C@@H]1F)c1ccc2ccc(COC)c(NCC(=C)C#N)c2c1. The normalized spacial score (nSPS) is 18.8. The molecular formula is C29H34FN5O2. The van der Waals surface area contributed by atoms with Crippen LogP contribution in [-0.4, -0.2) is 62.5 Å². The lowest BCUT2D eigenvalue weighted by atomic mass is 10.00. The van der Waals surface area contributed by atoms with Crippen LogP contribution in [0.3, 0.4) is 0 Å². The summed E-state index contributed by atoms with van der Waals surface area (Å²) in [5.41, 5.74) is 3.75. The van der Waals surface area contributed by atoms with Crippen LogP contribution < -0.4 is 10.6 Å². The second-order valence-corrected chi connectivity index (χ2v) is 9.17. The summed E-state index contributed by atoms with van der Waals surface area (Å²) in [6.07, 6.45) is 2.77. The van der Waals surface area contributed by atoms with Gasteiger partial charge in [0.1, 0.15) is 11.9 Å². The molecule has 1 saturated heterocycles. The maximum atomic E-state index is 14.4. The summed E-state index contributed by atoms with van der Waals surface area (Å²) in [6.45, 7) is 10.9. The molecule has 1 fully saturated rings. The number of nitrogens with zero attached hydrogens (tertiary/aromatic N) is 3. The van der Waals surface area contributed by atoms with Crippen LogP contribution in [0.15, 0.2) is 66.2 Å². The molecule has 8 heteroatoms. The zero-order valence-corrected chi connectivity index (χ0v) is 21.7. The average molecular weight is 504 g/mol. The molecule has 0 spiro atoms. The standard InChI is InChI=1S/C29H34FN5O2/c1-6-7-26(33-20(3)29(36)34-27-12-13-35(4)17-25(27)30)22-10-8-21-9-11-23(18-37-5)28(24(21)14-22)32-16-19(2)15-31/h6-11,14,25,27,32H,1-2,12-13,16-18H2,3-5H3,(H,34,36)/b26-7-,33-20+/t25-,27+/m0/s1. The minimum Gasteiger partial charge on any atom is -0.380 e. The van der Waals surface area contributed by atoms with Crippen molar-refractivity contribution >= 4 is 33.8 Å². The minimum atomic E-state index is -1.12. The van der Waals surface area contributed by atoms with Gasteiger partial charge < -0.3 is 20.3 Å². The van der Waals surface area contributed by atoms with Crippen LogP contribution in [0.4, 0.5) is 10.1 Å². The number of anilines is 1. The van der Waals surface area contributed by atoms with Gasteiger partial charge in [-0.3, -0.25) is 4.79 Å². The number of nitriles is 1. The number of hydrogen-bond donors (Lipinski definition) is 2. The van der Waals surface area contributed by atoms with Crippen LogP contribution in [0, 0.1) is 11.3 Å². The van der Waals surface area contributed by atoms with Crippen molar-refractivity contribution in [1.29, 1.82) is 5.26 Å². The number of piperidine rings is 1. The number of methoxy groups -OCH3 is 1. The highest BCUT2D eigenvalue weighted by atomic mass is 19.1. The first-order chi connectivity index (χ1) is 17.8. The molecule has 1 aliphatic rings. The molecule has 2 aromatic carbocycles. The molecule has 0 aromatic heterocycles. The van der Waals surface area contributed by atoms with Crippen molar-refractivity contribution < 1.29 is 13.9 Å². The summed E-state index contributed by atoms with van der Waals surface area (Å²) in [7, 11) is 3.50. The third kappa shape index (κ3) is 7.13. The van der Waals surface area contributed by atoms with Gasteiger partial charge in [-0.05, 0) is 37.9 Å². The second kappa shape index (κ2) is 12.9. The molecule has 2 N–H and O–H groups in total. The Morgan fingerprint density at radius 1 is 1.38 bits per heavy atom. The number of halogens is 1. The van der Waals surface area contributed by atoms with Gasteiger partial charge in [0.2, 0.25) is 0 Å². The largest absolute Gasteiger partial charge is 0.380 e. The highest BCUT2D eigenvalue weighted by molar-refractivity contribution is 6.38. The highest BCUT2D eigenvalue weighted by Crippen LogP contribution is 2.31. The van der Waals surface area contributed by atoms with Crippen molar-refractivity contribution in [3.8, 4) is 6.07 Å². The maximum absolute atomic E-state index is 14.4. The number of hydrogen-bond acceptors (Lipinski definition) is 6. The number of fused-ring (bicyclic) bond motifs is 1. The van der Waals surface area contributed by atoms with Crippen LogP contribution in [0.2, 0.25) is 0 Å². The number of amides is 1. The summed E-state index contributed by atoms with van der Waals surface area (Å²) in [5, 5.41) is 17.2. The van der Waals surface area contributed by atoms with Crippen LogP contribution in [0.25, 0.3) is 16.5 Å². The van der Waals surface area contributed by atoms with Gasteiger partial charge in [0.15, 0.2) is 0 Å². The monoisotopic (exact) mass is 503 g/mol. The Morgan fingerprint density at radius 3 is 2.81 bits per heavy atom. The van der Waals surface area contributed by atoms with Gasteiger partial charge in [-0.1, -0.05) is 43.5 Å². The first-order valence-corrected chi connectivity index (χ1v) is 12.2. The Labute approximate surface area is 218 Å². The van der Waals surface area contributed by atoms with Crippen molar-refractivity contribution in [2.45, 2.75) is 32.2 Å². The highest BCUT2D eigenvalue weighted by Gasteiger charge is 2.29. The predicted molar refractivity (Wildman–Crippen MR) is 148 cm³/mol. The van der Waals surface area contributed by atoms with E-state index >= 15 is 0 Å². The third-order valence-electron chi connectivity index (χ3n) is 6.29. The second-order valence-electron chi connectivity index (χ2n) is 9.17. The number of nitrogens with one attached hydrogen (secondary N) is 2. The van der Waals surface area contributed by atoms with E-state index in [1.54, 1.807) is 26.2 Å². The summed E-state index contributed by atoms with van der Waals surface area (Å²) < 4.78 is 19.8. The smallest absolute Gasteiger partial charge is 0.265 e. The van der Waals surface area contributed by atoms with Crippen LogP contribution in [-0.2, 0) is 16.1 Å². The van der Waals surface area contributed by atoms with E-state index in [1.165, 1.54) is 0 Å². The quantitative estimate of drug-likeness (QED) is 0.280. The number of allylic oxidation sites excluding steroid dienone is 2. The molecule has 0 unspecified atom stereocenters. The van der Waals surface area contributed by atoms with Crippen LogP contribution in [0.5, 0.6) is 0 Å². The number of likely N-dealkylation sites (tertiary alicyclic amines) is 1. The van der Waals surface area contributed by atoms with Gasteiger partial charge in [0.25, 0.3) is 5.91 Å². The van der Waals surface area contributed by atoms with E-state index in [1.807, 2.05) is 42.3 Å². The van der Waals surface area contributed by atoms with Gasteiger partial charge in [-0.15, -0.1) is 0 Å². The number of aliphatic imine (C=N–C) groups is 1. The zero-order chi connectivity index (χ0) is 26.9. The van der Waals surface area contributed by atoms with Crippen molar-refractivity contribution in [2.24, 2.45) is 4.99 Å². The van der Waals surface area contributed by atoms with Gasteiger partial charge in [0, 0.05) is 54.5 Å². The van der Waals surface area contributed by atoms with E-state index in [4.69, 9.17) is 10.00 Å². The van der Waals surface area contributed by atoms with Crippen molar-refractivity contribution in [3.63, 3.8) is 0 Å². The fourth-order valence-corrected chi connectivity index (χ4v) is 4.28. The average Bonchev–Trinajstić information content (AvgIpc) is 2.88. The predicted octanol–water partition coefficient (Wildman–Crippen LogP) is 4.62. The summed E-state index contributed by atoms with van der Waals surface area (Å²) in [6, 6.07) is 11.4. The fraction of sp³-hybridized carbons (Fsp3) is 0.345. The van der Waals surface area contributed by atoms with Crippen LogP contribution >= 0.6 is 0 Å². The topological polar surface area (TPSA) is 89.8 Å². The lowest BCUT2D eigenvalue weighted by Crippen LogP contribution is -2.52. The van der Waals surface area contributed by atoms with E-state index in [2.05, 4.69) is 34.9 Å². The first-order valence-electron chi connectivity index (χ1n) is 12.2. The van der Waals surface area contributed by atoms with Crippen LogP contribution in [0.1, 0.15) is 24.5 Å². The van der Waals surface area contributed by atoms with Crippen molar-refractivity contribution in [3.05, 3.63) is 72.3 Å². The minimum absolute atomic E-state index is 0.233. The van der Waals surface area contributed by atoms with Gasteiger partial charge in [0.05, 0.1) is 24.4 Å². The molecular weight excluding hydrogens is 469 g/mol. The van der Waals surface area contributed by atoms with E-state index in [9.17, 15) is 9.18 Å². The number of ether oxygens (including phenoxy) is 1. The molecule has 7 nitrogen and oxygen atoms in total. The molecule has 194 valence electrons. The van der Waals surface area contributed by atoms with Crippen molar-refractivity contribution in [2.75, 3.05) is 39.1 Å². The van der Waals surface area contributed by atoms with Crippen molar-refractivity contribution in [1.82, 2.24) is 10.2 Å². The number of rotatable bonds is 10. The number of carbonyl (C=O) groups is 1. The summed E-state index contributed by atoms with van der Waals surface area (Å²) in [4.78, 5) is 19.3.